The van der Waals surface area contributed by atoms with Gasteiger partial charge in [-0.2, -0.15) is 13.2 Å². The van der Waals surface area contributed by atoms with E-state index in [-0.39, 0.29) is 25.5 Å². The van der Waals surface area contributed by atoms with Gasteiger partial charge in [0.2, 0.25) is 0 Å². The number of rotatable bonds is 2. The van der Waals surface area contributed by atoms with Gasteiger partial charge < -0.3 is 10.2 Å². The number of nitrogens with one attached hydrogen (secondary N) is 1. The molecule has 1 aliphatic rings. The number of carbonyl (C=O) groups is 1. The maximum Gasteiger partial charge on any atom is 0.392 e. The van der Waals surface area contributed by atoms with Crippen LogP contribution < -0.4 is 5.32 Å². The van der Waals surface area contributed by atoms with Crippen LogP contribution in [0.2, 0.25) is 0 Å². The van der Waals surface area contributed by atoms with E-state index >= 15 is 0 Å². The summed E-state index contributed by atoms with van der Waals surface area (Å²) in [5, 5.41) is 4.52. The first kappa shape index (κ1) is 16.1. The third-order valence-corrected chi connectivity index (χ3v) is 4.45. The molecule has 1 fully saturated rings. The quantitative estimate of drug-likeness (QED) is 0.909. The number of thiazole rings is 1. The number of carbonyl (C=O) groups excluding carboxylic acids is 1. The summed E-state index contributed by atoms with van der Waals surface area (Å²) in [6.07, 6.45) is -4.27. The third kappa shape index (κ3) is 3.87. The van der Waals surface area contributed by atoms with Crippen molar-refractivity contribution in [2.24, 2.45) is 11.3 Å². The van der Waals surface area contributed by atoms with Gasteiger partial charge in [0.05, 0.1) is 23.7 Å². The van der Waals surface area contributed by atoms with Crippen LogP contribution in [-0.4, -0.2) is 35.2 Å². The first-order chi connectivity index (χ1) is 9.70. The lowest BCUT2D eigenvalue weighted by atomic mass is 9.73. The van der Waals surface area contributed by atoms with E-state index in [1.807, 2.05) is 5.38 Å². The number of halogens is 3. The van der Waals surface area contributed by atoms with Crippen molar-refractivity contribution in [3.63, 3.8) is 0 Å². The molecule has 4 nitrogen and oxygen atoms in total. The number of piperidine rings is 1. The van der Waals surface area contributed by atoms with Crippen molar-refractivity contribution in [2.75, 3.05) is 13.1 Å². The molecule has 2 rings (SSSR count). The maximum atomic E-state index is 13.0. The summed E-state index contributed by atoms with van der Waals surface area (Å²) >= 11 is 1.43. The molecular weight excluding hydrogens is 303 g/mol. The molecule has 0 bridgehead atoms. The lowest BCUT2D eigenvalue weighted by Gasteiger charge is -2.44. The lowest BCUT2D eigenvalue weighted by molar-refractivity contribution is -0.214. The van der Waals surface area contributed by atoms with Gasteiger partial charge in [-0.15, -0.1) is 11.3 Å². The van der Waals surface area contributed by atoms with E-state index in [2.05, 4.69) is 10.3 Å². The Balaban J connectivity index is 1.93. The number of alkyl halides is 3. The Hall–Kier alpha value is -1.31. The minimum absolute atomic E-state index is 0.0549. The van der Waals surface area contributed by atoms with Crippen molar-refractivity contribution in [3.8, 4) is 0 Å². The molecule has 1 saturated heterocycles. The molecule has 0 aromatic carbocycles. The Morgan fingerprint density at radius 2 is 2.29 bits per heavy atom. The Bertz CT molecular complexity index is 487. The van der Waals surface area contributed by atoms with Crippen LogP contribution in [0.4, 0.5) is 18.0 Å². The normalized spacial score (nSPS) is 22.1. The number of likely N-dealkylation sites (tertiary alicyclic amines) is 1. The van der Waals surface area contributed by atoms with Crippen molar-refractivity contribution in [3.05, 3.63) is 16.6 Å². The first-order valence-corrected chi connectivity index (χ1v) is 7.61. The second-order valence-electron chi connectivity index (χ2n) is 5.93. The van der Waals surface area contributed by atoms with Crippen LogP contribution in [0.1, 0.15) is 26.0 Å². The summed E-state index contributed by atoms with van der Waals surface area (Å²) in [7, 11) is 0. The number of hydrogen-bond acceptors (Lipinski definition) is 3. The van der Waals surface area contributed by atoms with E-state index in [0.29, 0.717) is 6.54 Å². The van der Waals surface area contributed by atoms with Crippen molar-refractivity contribution in [1.29, 1.82) is 0 Å². The van der Waals surface area contributed by atoms with Crippen LogP contribution in [0.15, 0.2) is 10.9 Å². The molecule has 1 N–H and O–H groups in total. The summed E-state index contributed by atoms with van der Waals surface area (Å²) < 4.78 is 38.9. The van der Waals surface area contributed by atoms with E-state index in [1.165, 1.54) is 16.2 Å². The number of aromatic nitrogens is 1. The summed E-state index contributed by atoms with van der Waals surface area (Å²) in [6, 6.07) is -0.336. The van der Waals surface area contributed by atoms with Crippen molar-refractivity contribution in [1.82, 2.24) is 15.2 Å². The molecule has 21 heavy (non-hydrogen) atoms. The molecule has 8 heteroatoms. The highest BCUT2D eigenvalue weighted by Gasteiger charge is 2.51. The van der Waals surface area contributed by atoms with Gasteiger partial charge in [-0.05, 0) is 11.8 Å². The van der Waals surface area contributed by atoms with Crippen LogP contribution in [0, 0.1) is 11.3 Å². The topological polar surface area (TPSA) is 45.2 Å². The predicted octanol–water partition coefficient (Wildman–Crippen LogP) is 3.26. The van der Waals surface area contributed by atoms with Crippen LogP contribution in [0.5, 0.6) is 0 Å². The molecule has 1 aliphatic heterocycles. The standard InChI is InChI=1S/C13H18F3N3OS/c1-12(2)7-19(4-3-10(12)13(14,15)16)11(20)17-5-9-6-21-8-18-9/h6,8,10H,3-5,7H2,1-2H3,(H,17,20). The van der Waals surface area contributed by atoms with E-state index in [9.17, 15) is 18.0 Å². The van der Waals surface area contributed by atoms with E-state index in [4.69, 9.17) is 0 Å². The lowest BCUT2D eigenvalue weighted by Crippen LogP contribution is -2.54. The zero-order valence-corrected chi connectivity index (χ0v) is 12.7. The Kier molecular flexibility index (Phi) is 4.46. The SMILES string of the molecule is CC1(C)CN(C(=O)NCc2cscn2)CCC1C(F)(F)F. The number of amides is 2. The molecule has 1 aromatic heterocycles. The Labute approximate surface area is 125 Å². The number of hydrogen-bond donors (Lipinski definition) is 1. The van der Waals surface area contributed by atoms with Gasteiger partial charge in [-0.25, -0.2) is 9.78 Å². The van der Waals surface area contributed by atoms with Crippen LogP contribution in [0.25, 0.3) is 0 Å². The molecule has 1 aromatic rings. The largest absolute Gasteiger partial charge is 0.392 e. The number of urea groups is 1. The highest BCUT2D eigenvalue weighted by molar-refractivity contribution is 7.07. The third-order valence-electron chi connectivity index (χ3n) is 3.82. The molecule has 1 atom stereocenters. The fourth-order valence-electron chi connectivity index (χ4n) is 2.74. The molecule has 2 heterocycles. The monoisotopic (exact) mass is 321 g/mol. The van der Waals surface area contributed by atoms with Gasteiger partial charge in [-0.3, -0.25) is 0 Å². The van der Waals surface area contributed by atoms with Gasteiger partial charge in [-0.1, -0.05) is 13.8 Å². The zero-order valence-electron chi connectivity index (χ0n) is 11.9. The predicted molar refractivity (Wildman–Crippen MR) is 73.9 cm³/mol. The summed E-state index contributed by atoms with van der Waals surface area (Å²) in [6.45, 7) is 3.63. The smallest absolute Gasteiger partial charge is 0.332 e. The van der Waals surface area contributed by atoms with Crippen molar-refractivity contribution < 1.29 is 18.0 Å². The van der Waals surface area contributed by atoms with Crippen molar-refractivity contribution >= 4 is 17.4 Å². The van der Waals surface area contributed by atoms with E-state index < -0.39 is 17.5 Å². The van der Waals surface area contributed by atoms with Gasteiger partial charge in [0.1, 0.15) is 0 Å². The molecule has 118 valence electrons. The fraction of sp³-hybridized carbons (Fsp3) is 0.692. The Morgan fingerprint density at radius 3 is 2.81 bits per heavy atom. The minimum atomic E-state index is -4.22. The van der Waals surface area contributed by atoms with Gasteiger partial charge in [0.25, 0.3) is 0 Å². The zero-order chi connectivity index (χ0) is 15.7. The van der Waals surface area contributed by atoms with E-state index in [0.717, 1.165) is 5.69 Å². The number of nitrogens with zero attached hydrogens (tertiary/aromatic N) is 2. The second-order valence-corrected chi connectivity index (χ2v) is 6.65. The molecule has 0 spiro atoms. The highest BCUT2D eigenvalue weighted by atomic mass is 32.1. The average molecular weight is 321 g/mol. The molecule has 2 amide bonds. The highest BCUT2D eigenvalue weighted by Crippen LogP contribution is 2.44. The Morgan fingerprint density at radius 1 is 1.57 bits per heavy atom. The summed E-state index contributed by atoms with van der Waals surface area (Å²) in [5.74, 6) is -1.37. The molecule has 1 unspecified atom stereocenters. The van der Waals surface area contributed by atoms with Gasteiger partial charge in [0, 0.05) is 18.5 Å². The minimum Gasteiger partial charge on any atom is -0.332 e. The van der Waals surface area contributed by atoms with Crippen LogP contribution in [-0.2, 0) is 6.54 Å². The van der Waals surface area contributed by atoms with Crippen molar-refractivity contribution in [2.45, 2.75) is 33.0 Å². The van der Waals surface area contributed by atoms with E-state index in [1.54, 1.807) is 19.4 Å². The molecule has 0 aliphatic carbocycles. The molecule has 0 radical (unpaired) electrons. The molecular formula is C13H18F3N3OS. The molecule has 0 saturated carbocycles. The van der Waals surface area contributed by atoms with Gasteiger partial charge in [0.15, 0.2) is 0 Å². The van der Waals surface area contributed by atoms with Crippen LogP contribution in [0.3, 0.4) is 0 Å². The first-order valence-electron chi connectivity index (χ1n) is 6.67. The summed E-state index contributed by atoms with van der Waals surface area (Å²) in [4.78, 5) is 17.5. The fourth-order valence-corrected chi connectivity index (χ4v) is 3.30. The van der Waals surface area contributed by atoms with Crippen LogP contribution >= 0.6 is 11.3 Å². The summed E-state index contributed by atoms with van der Waals surface area (Å²) in [5.41, 5.74) is 1.44. The average Bonchev–Trinajstić information content (AvgIpc) is 2.86. The van der Waals surface area contributed by atoms with Gasteiger partial charge >= 0.3 is 12.2 Å². The second kappa shape index (κ2) is 5.82. The maximum absolute atomic E-state index is 13.0.